The summed E-state index contributed by atoms with van der Waals surface area (Å²) in [5.74, 6) is 0.273. The number of pyridine rings is 1. The number of aliphatic hydroxyl groups is 1. The van der Waals surface area contributed by atoms with E-state index >= 15 is 0 Å². The van der Waals surface area contributed by atoms with Crippen molar-refractivity contribution in [3.8, 4) is 5.75 Å². The molecule has 1 amide bonds. The number of nitrogens with zero attached hydrogens (tertiary/aromatic N) is 1. The number of likely N-dealkylation sites (tertiary alicyclic amines) is 1. The molecule has 3 N–H and O–H groups in total. The highest BCUT2D eigenvalue weighted by Gasteiger charge is 2.22. The number of nitrogens with one attached hydrogen (secondary N) is 2. The van der Waals surface area contributed by atoms with Crippen molar-refractivity contribution >= 4 is 29.1 Å². The number of carbonyl (C=O) groups is 1. The second-order valence-corrected chi connectivity index (χ2v) is 7.80. The largest absolute Gasteiger partial charge is 0.490 e. The van der Waals surface area contributed by atoms with E-state index < -0.39 is 12.0 Å². The first kappa shape index (κ1) is 21.6. The molecular formula is C20H23Cl2N3O4. The van der Waals surface area contributed by atoms with Crippen LogP contribution in [-0.4, -0.2) is 59.3 Å². The molecule has 156 valence electrons. The molecule has 0 saturated carbocycles. The predicted octanol–water partition coefficient (Wildman–Crippen LogP) is 2.32. The SMILES string of the molecule is O=C(NCC(O)CN1CCC(Oc2ccc(Cl)c(Cl)c2)CC1)c1cccc(=O)[nH]1. The van der Waals surface area contributed by atoms with E-state index in [2.05, 4.69) is 15.2 Å². The molecule has 0 aliphatic carbocycles. The number of aromatic nitrogens is 1. The molecule has 1 atom stereocenters. The minimum absolute atomic E-state index is 0.0789. The van der Waals surface area contributed by atoms with Gasteiger partial charge in [0.25, 0.3) is 5.91 Å². The fourth-order valence-electron chi connectivity index (χ4n) is 3.20. The predicted molar refractivity (Wildman–Crippen MR) is 112 cm³/mol. The molecule has 1 fully saturated rings. The standard InChI is InChI=1S/C20H23Cl2N3O4/c21-16-5-4-15(10-17(16)22)29-14-6-8-25(9-7-14)12-13(26)11-23-20(28)18-2-1-3-19(27)24-18/h1-5,10,13-14,26H,6-9,11-12H2,(H,23,28)(H,24,27). The van der Waals surface area contributed by atoms with Crippen LogP contribution >= 0.6 is 23.2 Å². The van der Waals surface area contributed by atoms with Crippen molar-refractivity contribution in [2.45, 2.75) is 25.0 Å². The quantitative estimate of drug-likeness (QED) is 0.615. The minimum atomic E-state index is -0.707. The van der Waals surface area contributed by atoms with E-state index in [0.29, 0.717) is 22.3 Å². The van der Waals surface area contributed by atoms with Crippen LogP contribution in [0.15, 0.2) is 41.2 Å². The Hall–Kier alpha value is -2.06. The summed E-state index contributed by atoms with van der Waals surface area (Å²) in [6, 6.07) is 9.58. The fourth-order valence-corrected chi connectivity index (χ4v) is 3.49. The third-order valence-corrected chi connectivity index (χ3v) is 5.45. The molecule has 1 aromatic carbocycles. The molecule has 0 bridgehead atoms. The van der Waals surface area contributed by atoms with E-state index in [-0.39, 0.29) is 23.9 Å². The molecule has 1 aromatic heterocycles. The Morgan fingerprint density at radius 1 is 1.24 bits per heavy atom. The van der Waals surface area contributed by atoms with Gasteiger partial charge in [0.1, 0.15) is 17.5 Å². The molecular weight excluding hydrogens is 417 g/mol. The topological polar surface area (TPSA) is 94.7 Å². The van der Waals surface area contributed by atoms with Crippen LogP contribution in [0.3, 0.4) is 0 Å². The van der Waals surface area contributed by atoms with Crippen LogP contribution < -0.4 is 15.6 Å². The highest BCUT2D eigenvalue weighted by Crippen LogP contribution is 2.28. The first-order valence-electron chi connectivity index (χ1n) is 9.40. The van der Waals surface area contributed by atoms with E-state index in [0.717, 1.165) is 25.9 Å². The summed E-state index contributed by atoms with van der Waals surface area (Å²) in [6.07, 6.45) is 1.02. The lowest BCUT2D eigenvalue weighted by Crippen LogP contribution is -2.45. The number of aromatic amines is 1. The van der Waals surface area contributed by atoms with Gasteiger partial charge in [0, 0.05) is 38.3 Å². The number of amides is 1. The molecule has 0 spiro atoms. The minimum Gasteiger partial charge on any atom is -0.490 e. The van der Waals surface area contributed by atoms with Crippen molar-refractivity contribution in [3.05, 3.63) is 62.5 Å². The molecule has 1 unspecified atom stereocenters. The summed E-state index contributed by atoms with van der Waals surface area (Å²) in [7, 11) is 0. The van der Waals surface area contributed by atoms with Crippen LogP contribution in [0, 0.1) is 0 Å². The van der Waals surface area contributed by atoms with Crippen molar-refractivity contribution in [1.82, 2.24) is 15.2 Å². The zero-order valence-corrected chi connectivity index (χ0v) is 17.2. The van der Waals surface area contributed by atoms with Crippen LogP contribution in [0.4, 0.5) is 0 Å². The Morgan fingerprint density at radius 3 is 2.69 bits per heavy atom. The first-order chi connectivity index (χ1) is 13.9. The Morgan fingerprint density at radius 2 is 2.00 bits per heavy atom. The second-order valence-electron chi connectivity index (χ2n) is 6.99. The van der Waals surface area contributed by atoms with Gasteiger partial charge in [0.2, 0.25) is 5.56 Å². The monoisotopic (exact) mass is 439 g/mol. The fraction of sp³-hybridized carbons (Fsp3) is 0.400. The number of hydrogen-bond acceptors (Lipinski definition) is 5. The van der Waals surface area contributed by atoms with Crippen LogP contribution in [-0.2, 0) is 0 Å². The first-order valence-corrected chi connectivity index (χ1v) is 10.2. The van der Waals surface area contributed by atoms with Crippen LogP contribution in [0.25, 0.3) is 0 Å². The van der Waals surface area contributed by atoms with E-state index in [9.17, 15) is 14.7 Å². The number of benzene rings is 1. The zero-order chi connectivity index (χ0) is 20.8. The van der Waals surface area contributed by atoms with Crippen molar-refractivity contribution in [2.24, 2.45) is 0 Å². The lowest BCUT2D eigenvalue weighted by Gasteiger charge is -2.33. The molecule has 3 rings (SSSR count). The Balaban J connectivity index is 1.39. The zero-order valence-electron chi connectivity index (χ0n) is 15.7. The summed E-state index contributed by atoms with van der Waals surface area (Å²) in [4.78, 5) is 27.9. The summed E-state index contributed by atoms with van der Waals surface area (Å²) < 4.78 is 5.96. The number of hydrogen-bond donors (Lipinski definition) is 3. The highest BCUT2D eigenvalue weighted by molar-refractivity contribution is 6.42. The third kappa shape index (κ3) is 6.47. The van der Waals surface area contributed by atoms with Gasteiger partial charge in [-0.05, 0) is 31.0 Å². The van der Waals surface area contributed by atoms with Crippen molar-refractivity contribution in [1.29, 1.82) is 0 Å². The molecule has 0 radical (unpaired) electrons. The van der Waals surface area contributed by atoms with Gasteiger partial charge in [-0.15, -0.1) is 0 Å². The van der Waals surface area contributed by atoms with Gasteiger partial charge in [-0.3, -0.25) is 9.59 Å². The van der Waals surface area contributed by atoms with Gasteiger partial charge < -0.3 is 25.0 Å². The number of β-amino-alcohol motifs (C(OH)–C–C–N with tert-alkyl or cyclic N) is 1. The number of carbonyl (C=O) groups excluding carboxylic acids is 1. The Kier molecular flexibility index (Phi) is 7.55. The Bertz CT molecular complexity index is 897. The van der Waals surface area contributed by atoms with Crippen molar-refractivity contribution in [3.63, 3.8) is 0 Å². The number of piperidine rings is 1. The molecule has 1 aliphatic heterocycles. The van der Waals surface area contributed by atoms with Gasteiger partial charge in [-0.2, -0.15) is 0 Å². The Labute approximate surface area is 178 Å². The molecule has 7 nitrogen and oxygen atoms in total. The number of rotatable bonds is 7. The summed E-state index contributed by atoms with van der Waals surface area (Å²) >= 11 is 11.9. The van der Waals surface area contributed by atoms with E-state index in [1.165, 1.54) is 18.2 Å². The van der Waals surface area contributed by atoms with Crippen molar-refractivity contribution < 1.29 is 14.6 Å². The summed E-state index contributed by atoms with van der Waals surface area (Å²) in [5, 5.41) is 13.8. The second kappa shape index (κ2) is 10.1. The maximum Gasteiger partial charge on any atom is 0.267 e. The van der Waals surface area contributed by atoms with E-state index in [4.69, 9.17) is 27.9 Å². The van der Waals surface area contributed by atoms with Gasteiger partial charge in [-0.25, -0.2) is 0 Å². The molecule has 2 heterocycles. The van der Waals surface area contributed by atoms with Crippen LogP contribution in [0.2, 0.25) is 10.0 Å². The van der Waals surface area contributed by atoms with Gasteiger partial charge in [0.15, 0.2) is 0 Å². The normalized spacial score (nSPS) is 16.4. The lowest BCUT2D eigenvalue weighted by molar-refractivity contribution is 0.0593. The van der Waals surface area contributed by atoms with Gasteiger partial charge >= 0.3 is 0 Å². The number of halogens is 2. The number of ether oxygens (including phenoxy) is 1. The van der Waals surface area contributed by atoms with E-state index in [1.54, 1.807) is 18.2 Å². The van der Waals surface area contributed by atoms with Gasteiger partial charge in [0.05, 0.1) is 16.1 Å². The van der Waals surface area contributed by atoms with Gasteiger partial charge in [-0.1, -0.05) is 29.3 Å². The molecule has 9 heteroatoms. The maximum absolute atomic E-state index is 12.0. The number of aliphatic hydroxyl groups excluding tert-OH is 1. The summed E-state index contributed by atoms with van der Waals surface area (Å²) in [6.45, 7) is 2.12. The van der Waals surface area contributed by atoms with Crippen LogP contribution in [0.5, 0.6) is 5.75 Å². The molecule has 29 heavy (non-hydrogen) atoms. The molecule has 1 aliphatic rings. The molecule has 2 aromatic rings. The smallest absolute Gasteiger partial charge is 0.267 e. The average Bonchev–Trinajstić information content (AvgIpc) is 2.70. The third-order valence-electron chi connectivity index (χ3n) is 4.71. The summed E-state index contributed by atoms with van der Waals surface area (Å²) in [5.41, 5.74) is -0.172. The average molecular weight is 440 g/mol. The van der Waals surface area contributed by atoms with Crippen LogP contribution in [0.1, 0.15) is 23.3 Å². The lowest BCUT2D eigenvalue weighted by atomic mass is 10.1. The maximum atomic E-state index is 12.0. The molecule has 1 saturated heterocycles. The highest BCUT2D eigenvalue weighted by atomic mass is 35.5. The number of H-pyrrole nitrogens is 1. The van der Waals surface area contributed by atoms with Crippen molar-refractivity contribution in [2.75, 3.05) is 26.2 Å². The van der Waals surface area contributed by atoms with E-state index in [1.807, 2.05) is 0 Å².